The third-order valence-electron chi connectivity index (χ3n) is 3.59. The van der Waals surface area contributed by atoms with Crippen LogP contribution in [0.25, 0.3) is 11.5 Å². The van der Waals surface area contributed by atoms with Gasteiger partial charge in [-0.2, -0.15) is 0 Å². The monoisotopic (exact) mass is 483 g/mol. The maximum Gasteiger partial charge on any atom is 0.226 e. The first kappa shape index (κ1) is 20.4. The minimum absolute atomic E-state index is 0. The number of guanidine groups is 1. The van der Waals surface area contributed by atoms with Gasteiger partial charge in [-0.1, -0.05) is 17.7 Å². The zero-order valence-corrected chi connectivity index (χ0v) is 18.1. The van der Waals surface area contributed by atoms with Crippen molar-refractivity contribution in [1.82, 2.24) is 20.6 Å². The fraction of sp³-hybridized carbons (Fsp3) is 0.278. The molecule has 3 rings (SSSR count). The summed E-state index contributed by atoms with van der Waals surface area (Å²) in [5.74, 6) is 1.32. The van der Waals surface area contributed by atoms with E-state index in [2.05, 4.69) is 32.5 Å². The zero-order valence-electron chi connectivity index (χ0n) is 14.9. The van der Waals surface area contributed by atoms with Gasteiger partial charge in [0.05, 0.1) is 18.8 Å². The predicted molar refractivity (Wildman–Crippen MR) is 116 cm³/mol. The van der Waals surface area contributed by atoms with Gasteiger partial charge in [-0.05, 0) is 26.0 Å². The summed E-state index contributed by atoms with van der Waals surface area (Å²) in [5.41, 5.74) is 3.00. The molecule has 0 amide bonds. The molecule has 0 unspecified atom stereocenters. The van der Waals surface area contributed by atoms with E-state index in [0.717, 1.165) is 16.3 Å². The molecule has 0 bridgehead atoms. The highest BCUT2D eigenvalue weighted by Gasteiger charge is 2.07. The highest BCUT2D eigenvalue weighted by atomic mass is 127. The molecular formula is C18H22IN5OS. The fourth-order valence-electron chi connectivity index (χ4n) is 2.25. The van der Waals surface area contributed by atoms with Crippen LogP contribution in [0.3, 0.4) is 0 Å². The third kappa shape index (κ3) is 5.53. The Kier molecular flexibility index (Phi) is 7.58. The van der Waals surface area contributed by atoms with Crippen molar-refractivity contribution in [2.45, 2.75) is 26.9 Å². The van der Waals surface area contributed by atoms with Gasteiger partial charge in [-0.15, -0.1) is 35.3 Å². The average Bonchev–Trinajstić information content (AvgIpc) is 3.25. The van der Waals surface area contributed by atoms with Crippen LogP contribution in [0, 0.1) is 13.8 Å². The number of aryl methyl sites for hydroxylation is 2. The largest absolute Gasteiger partial charge is 0.444 e. The van der Waals surface area contributed by atoms with Gasteiger partial charge in [0.15, 0.2) is 5.96 Å². The zero-order chi connectivity index (χ0) is 17.6. The lowest BCUT2D eigenvalue weighted by Gasteiger charge is -2.09. The number of oxazole rings is 1. The van der Waals surface area contributed by atoms with Crippen LogP contribution >= 0.6 is 35.3 Å². The Balaban J connectivity index is 0.00000243. The second kappa shape index (κ2) is 9.67. The van der Waals surface area contributed by atoms with Crippen molar-refractivity contribution in [2.75, 3.05) is 7.05 Å². The lowest BCUT2D eigenvalue weighted by Crippen LogP contribution is -2.36. The summed E-state index contributed by atoms with van der Waals surface area (Å²) >= 11 is 1.67. The van der Waals surface area contributed by atoms with E-state index in [9.17, 15) is 0 Å². The van der Waals surface area contributed by atoms with E-state index in [-0.39, 0.29) is 24.0 Å². The topological polar surface area (TPSA) is 75.3 Å². The van der Waals surface area contributed by atoms with Gasteiger partial charge in [0.25, 0.3) is 0 Å². The van der Waals surface area contributed by atoms with Crippen LogP contribution in [0.5, 0.6) is 0 Å². The van der Waals surface area contributed by atoms with Crippen molar-refractivity contribution < 1.29 is 4.42 Å². The Hall–Kier alpha value is -1.94. The van der Waals surface area contributed by atoms with E-state index in [4.69, 9.17) is 4.42 Å². The molecule has 0 fully saturated rings. The number of nitrogens with zero attached hydrogens (tertiary/aromatic N) is 3. The Bertz CT molecular complexity index is 857. The van der Waals surface area contributed by atoms with Crippen molar-refractivity contribution in [3.63, 3.8) is 0 Å². The fourth-order valence-corrected chi connectivity index (χ4v) is 2.98. The maximum atomic E-state index is 5.57. The quantitative estimate of drug-likeness (QED) is 0.327. The SMILES string of the molecule is CN=C(NCc1coc(-c2ccc(C)cc2)n1)NCc1ncc(C)s1.I. The van der Waals surface area contributed by atoms with Gasteiger partial charge < -0.3 is 15.1 Å². The molecule has 8 heteroatoms. The molecule has 0 saturated heterocycles. The molecule has 0 aliphatic heterocycles. The molecule has 3 aromatic rings. The van der Waals surface area contributed by atoms with Crippen LogP contribution in [0.1, 0.15) is 21.1 Å². The molecule has 1 aromatic carbocycles. The van der Waals surface area contributed by atoms with Crippen LogP contribution in [0.4, 0.5) is 0 Å². The number of hydrogen-bond acceptors (Lipinski definition) is 5. The van der Waals surface area contributed by atoms with Crippen LogP contribution in [0.2, 0.25) is 0 Å². The molecule has 0 aliphatic rings. The van der Waals surface area contributed by atoms with E-state index in [0.29, 0.717) is 24.9 Å². The molecular weight excluding hydrogens is 461 g/mol. The van der Waals surface area contributed by atoms with E-state index in [1.165, 1.54) is 10.4 Å². The third-order valence-corrected chi connectivity index (χ3v) is 4.50. The molecule has 0 saturated carbocycles. The Morgan fingerprint density at radius 1 is 1.15 bits per heavy atom. The Morgan fingerprint density at radius 3 is 2.54 bits per heavy atom. The molecule has 2 N–H and O–H groups in total. The molecule has 6 nitrogen and oxygen atoms in total. The maximum absolute atomic E-state index is 5.57. The van der Waals surface area contributed by atoms with Crippen molar-refractivity contribution in [3.05, 3.63) is 57.9 Å². The number of thiazole rings is 1. The first-order valence-corrected chi connectivity index (χ1v) is 8.83. The van der Waals surface area contributed by atoms with E-state index >= 15 is 0 Å². The molecule has 0 aliphatic carbocycles. The molecule has 2 aromatic heterocycles. The summed E-state index contributed by atoms with van der Waals surface area (Å²) in [6, 6.07) is 8.11. The smallest absolute Gasteiger partial charge is 0.226 e. The number of halogens is 1. The Morgan fingerprint density at radius 2 is 1.88 bits per heavy atom. The number of benzene rings is 1. The first-order chi connectivity index (χ1) is 12.1. The number of rotatable bonds is 5. The van der Waals surface area contributed by atoms with Crippen molar-refractivity contribution in [3.8, 4) is 11.5 Å². The molecule has 138 valence electrons. The van der Waals surface area contributed by atoms with Gasteiger partial charge in [-0.25, -0.2) is 9.97 Å². The van der Waals surface area contributed by atoms with Crippen LogP contribution in [-0.2, 0) is 13.1 Å². The van der Waals surface area contributed by atoms with E-state index < -0.39 is 0 Å². The molecule has 26 heavy (non-hydrogen) atoms. The summed E-state index contributed by atoms with van der Waals surface area (Å²) in [6.45, 7) is 5.28. The van der Waals surface area contributed by atoms with Crippen molar-refractivity contribution in [1.29, 1.82) is 0 Å². The van der Waals surface area contributed by atoms with Gasteiger partial charge in [0, 0.05) is 23.7 Å². The normalized spacial score (nSPS) is 11.1. The predicted octanol–water partition coefficient (Wildman–Crippen LogP) is 3.90. The highest BCUT2D eigenvalue weighted by molar-refractivity contribution is 14.0. The Labute approximate surface area is 174 Å². The van der Waals surface area contributed by atoms with Gasteiger partial charge in [-0.3, -0.25) is 4.99 Å². The van der Waals surface area contributed by atoms with Crippen molar-refractivity contribution in [2.24, 2.45) is 4.99 Å². The first-order valence-electron chi connectivity index (χ1n) is 8.01. The standard InChI is InChI=1S/C18H21N5OS.HI/c1-12-4-6-14(7-5-12)17-23-15(11-24-17)9-21-18(19-3)22-10-16-20-8-13(2)25-16;/h4-8,11H,9-10H2,1-3H3,(H2,19,21,22);1H. The van der Waals surface area contributed by atoms with Crippen molar-refractivity contribution >= 4 is 41.3 Å². The lowest BCUT2D eigenvalue weighted by atomic mass is 10.1. The van der Waals surface area contributed by atoms with Gasteiger partial charge in [0.2, 0.25) is 5.89 Å². The summed E-state index contributed by atoms with van der Waals surface area (Å²) < 4.78 is 5.57. The lowest BCUT2D eigenvalue weighted by molar-refractivity contribution is 0.572. The summed E-state index contributed by atoms with van der Waals surface area (Å²) in [4.78, 5) is 14.3. The summed E-state index contributed by atoms with van der Waals surface area (Å²) in [6.07, 6.45) is 3.54. The van der Waals surface area contributed by atoms with Crippen LogP contribution in [-0.4, -0.2) is 23.0 Å². The van der Waals surface area contributed by atoms with Crippen LogP contribution < -0.4 is 10.6 Å². The second-order valence-electron chi connectivity index (χ2n) is 5.65. The van der Waals surface area contributed by atoms with Crippen LogP contribution in [0.15, 0.2) is 46.1 Å². The average molecular weight is 483 g/mol. The molecule has 2 heterocycles. The second-order valence-corrected chi connectivity index (χ2v) is 6.97. The number of hydrogen-bond donors (Lipinski definition) is 2. The highest BCUT2D eigenvalue weighted by Crippen LogP contribution is 2.19. The number of nitrogens with one attached hydrogen (secondary N) is 2. The summed E-state index contributed by atoms with van der Waals surface area (Å²) in [7, 11) is 1.74. The minimum atomic E-state index is 0. The summed E-state index contributed by atoms with van der Waals surface area (Å²) in [5, 5.41) is 7.50. The minimum Gasteiger partial charge on any atom is -0.444 e. The molecule has 0 spiro atoms. The number of aromatic nitrogens is 2. The van der Waals surface area contributed by atoms with E-state index in [1.54, 1.807) is 24.6 Å². The number of aliphatic imine (C=N–C) groups is 1. The van der Waals surface area contributed by atoms with Gasteiger partial charge in [0.1, 0.15) is 11.3 Å². The molecule has 0 radical (unpaired) electrons. The molecule has 0 atom stereocenters. The van der Waals surface area contributed by atoms with Gasteiger partial charge >= 0.3 is 0 Å². The van der Waals surface area contributed by atoms with E-state index in [1.807, 2.05) is 37.4 Å².